The SMILES string of the molecule is O=C1COC[C@@H]2CNCC[C@@H]2N1Cc1ccccc1. The van der Waals surface area contributed by atoms with Gasteiger partial charge in [0.25, 0.3) is 0 Å². The number of rotatable bonds is 2. The Morgan fingerprint density at radius 1 is 1.32 bits per heavy atom. The number of amides is 1. The lowest BCUT2D eigenvalue weighted by molar-refractivity contribution is -0.136. The van der Waals surface area contributed by atoms with E-state index >= 15 is 0 Å². The topological polar surface area (TPSA) is 41.6 Å². The molecule has 2 saturated heterocycles. The van der Waals surface area contributed by atoms with Crippen LogP contribution in [0.25, 0.3) is 0 Å². The first-order valence-corrected chi connectivity index (χ1v) is 6.96. The third-order valence-electron chi connectivity index (χ3n) is 4.04. The van der Waals surface area contributed by atoms with Crippen LogP contribution in [0.4, 0.5) is 0 Å². The van der Waals surface area contributed by atoms with Crippen molar-refractivity contribution in [3.05, 3.63) is 35.9 Å². The summed E-state index contributed by atoms with van der Waals surface area (Å²) in [4.78, 5) is 14.3. The van der Waals surface area contributed by atoms with Gasteiger partial charge >= 0.3 is 0 Å². The molecule has 1 aromatic rings. The molecular weight excluding hydrogens is 240 g/mol. The number of ether oxygens (including phenoxy) is 1. The van der Waals surface area contributed by atoms with E-state index in [1.54, 1.807) is 0 Å². The van der Waals surface area contributed by atoms with Crippen LogP contribution < -0.4 is 5.32 Å². The minimum Gasteiger partial charge on any atom is -0.371 e. The lowest BCUT2D eigenvalue weighted by Crippen LogP contribution is -2.51. The first-order chi connectivity index (χ1) is 9.34. The summed E-state index contributed by atoms with van der Waals surface area (Å²) in [5.74, 6) is 0.544. The summed E-state index contributed by atoms with van der Waals surface area (Å²) in [5.41, 5.74) is 1.19. The molecule has 0 bridgehead atoms. The van der Waals surface area contributed by atoms with Crippen molar-refractivity contribution in [3.63, 3.8) is 0 Å². The van der Waals surface area contributed by atoms with Gasteiger partial charge in [-0.05, 0) is 18.5 Å². The van der Waals surface area contributed by atoms with Crippen LogP contribution in [0.2, 0.25) is 0 Å². The second kappa shape index (κ2) is 5.72. The molecule has 0 unspecified atom stereocenters. The highest BCUT2D eigenvalue weighted by molar-refractivity contribution is 5.78. The van der Waals surface area contributed by atoms with Gasteiger partial charge < -0.3 is 15.0 Å². The minimum atomic E-state index is 0.123. The van der Waals surface area contributed by atoms with E-state index in [-0.39, 0.29) is 12.5 Å². The van der Waals surface area contributed by atoms with E-state index in [0.29, 0.717) is 25.1 Å². The van der Waals surface area contributed by atoms with Crippen molar-refractivity contribution in [1.29, 1.82) is 0 Å². The van der Waals surface area contributed by atoms with Gasteiger partial charge in [-0.1, -0.05) is 30.3 Å². The van der Waals surface area contributed by atoms with Crippen LogP contribution in [0.3, 0.4) is 0 Å². The van der Waals surface area contributed by atoms with E-state index in [4.69, 9.17) is 4.74 Å². The molecule has 2 atom stereocenters. The standard InChI is InChI=1S/C15H20N2O2/c18-15-11-19-10-13-8-16-7-6-14(13)17(15)9-12-4-2-1-3-5-12/h1-5,13-14,16H,6-11H2/t13-,14-/m0/s1. The molecular formula is C15H20N2O2. The lowest BCUT2D eigenvalue weighted by atomic mass is 9.92. The average Bonchev–Trinajstić information content (AvgIpc) is 2.61. The fourth-order valence-corrected chi connectivity index (χ4v) is 3.04. The van der Waals surface area contributed by atoms with E-state index in [2.05, 4.69) is 17.4 Å². The molecule has 1 amide bonds. The number of carbonyl (C=O) groups is 1. The Bertz CT molecular complexity index is 435. The molecule has 2 fully saturated rings. The third-order valence-corrected chi connectivity index (χ3v) is 4.04. The predicted octanol–water partition coefficient (Wildman–Crippen LogP) is 1.02. The van der Waals surface area contributed by atoms with Crippen molar-refractivity contribution in [1.82, 2.24) is 10.2 Å². The van der Waals surface area contributed by atoms with Crippen LogP contribution in [0.5, 0.6) is 0 Å². The number of nitrogens with one attached hydrogen (secondary N) is 1. The third kappa shape index (κ3) is 2.80. The highest BCUT2D eigenvalue weighted by Gasteiger charge is 2.35. The predicted molar refractivity (Wildman–Crippen MR) is 72.6 cm³/mol. The number of hydrogen-bond donors (Lipinski definition) is 1. The van der Waals surface area contributed by atoms with E-state index in [9.17, 15) is 4.79 Å². The second-order valence-corrected chi connectivity index (χ2v) is 5.34. The van der Waals surface area contributed by atoms with Gasteiger partial charge in [0.1, 0.15) is 6.61 Å². The van der Waals surface area contributed by atoms with Gasteiger partial charge in [-0.15, -0.1) is 0 Å². The van der Waals surface area contributed by atoms with Crippen molar-refractivity contribution < 1.29 is 9.53 Å². The quantitative estimate of drug-likeness (QED) is 0.863. The molecule has 4 nitrogen and oxygen atoms in total. The summed E-state index contributed by atoms with van der Waals surface area (Å²) in [6, 6.07) is 10.5. The summed E-state index contributed by atoms with van der Waals surface area (Å²) in [5, 5.41) is 3.39. The van der Waals surface area contributed by atoms with Gasteiger partial charge in [0.05, 0.1) is 6.61 Å². The van der Waals surface area contributed by atoms with Crippen LogP contribution in [0, 0.1) is 5.92 Å². The molecule has 19 heavy (non-hydrogen) atoms. The number of benzene rings is 1. The number of nitrogens with zero attached hydrogens (tertiary/aromatic N) is 1. The summed E-state index contributed by atoms with van der Waals surface area (Å²) in [6.07, 6.45) is 1.02. The monoisotopic (exact) mass is 260 g/mol. The lowest BCUT2D eigenvalue weighted by Gasteiger charge is -2.37. The molecule has 2 aliphatic rings. The fraction of sp³-hybridized carbons (Fsp3) is 0.533. The maximum absolute atomic E-state index is 12.3. The van der Waals surface area contributed by atoms with Crippen molar-refractivity contribution in [2.24, 2.45) is 5.92 Å². The summed E-state index contributed by atoms with van der Waals surface area (Å²) < 4.78 is 5.51. The highest BCUT2D eigenvalue weighted by Crippen LogP contribution is 2.23. The Labute approximate surface area is 113 Å². The molecule has 1 aromatic carbocycles. The smallest absolute Gasteiger partial charge is 0.249 e. The molecule has 0 aromatic heterocycles. The van der Waals surface area contributed by atoms with Gasteiger partial charge in [0, 0.05) is 25.0 Å². The van der Waals surface area contributed by atoms with Gasteiger partial charge in [-0.3, -0.25) is 4.79 Å². The number of hydrogen-bond acceptors (Lipinski definition) is 3. The largest absolute Gasteiger partial charge is 0.371 e. The minimum absolute atomic E-state index is 0.123. The van der Waals surface area contributed by atoms with E-state index in [1.165, 1.54) is 5.56 Å². The second-order valence-electron chi connectivity index (χ2n) is 5.34. The molecule has 0 radical (unpaired) electrons. The number of fused-ring (bicyclic) bond motifs is 1. The van der Waals surface area contributed by atoms with Crippen molar-refractivity contribution in [3.8, 4) is 0 Å². The number of carbonyl (C=O) groups excluding carboxylic acids is 1. The zero-order valence-corrected chi connectivity index (χ0v) is 11.0. The molecule has 3 rings (SSSR count). The molecule has 102 valence electrons. The van der Waals surface area contributed by atoms with Crippen LogP contribution in [-0.4, -0.2) is 43.2 Å². The molecule has 1 N–H and O–H groups in total. The van der Waals surface area contributed by atoms with Crippen LogP contribution in [0.15, 0.2) is 30.3 Å². The summed E-state index contributed by atoms with van der Waals surface area (Å²) in [6.45, 7) is 3.54. The van der Waals surface area contributed by atoms with Crippen molar-refractivity contribution in [2.45, 2.75) is 19.0 Å². The first kappa shape index (κ1) is 12.6. The molecule has 0 aliphatic carbocycles. The van der Waals surface area contributed by atoms with Crippen molar-refractivity contribution in [2.75, 3.05) is 26.3 Å². The average molecular weight is 260 g/mol. The Morgan fingerprint density at radius 2 is 2.16 bits per heavy atom. The first-order valence-electron chi connectivity index (χ1n) is 6.96. The Morgan fingerprint density at radius 3 is 3.00 bits per heavy atom. The molecule has 2 aliphatic heterocycles. The van der Waals surface area contributed by atoms with E-state index in [0.717, 1.165) is 19.5 Å². The van der Waals surface area contributed by atoms with Gasteiger partial charge in [-0.2, -0.15) is 0 Å². The van der Waals surface area contributed by atoms with E-state index in [1.807, 2.05) is 23.1 Å². The fourth-order valence-electron chi connectivity index (χ4n) is 3.04. The molecule has 0 saturated carbocycles. The van der Waals surface area contributed by atoms with Gasteiger partial charge in [0.2, 0.25) is 5.91 Å². The van der Waals surface area contributed by atoms with Crippen molar-refractivity contribution >= 4 is 5.91 Å². The van der Waals surface area contributed by atoms with Crippen LogP contribution >= 0.6 is 0 Å². The Kier molecular flexibility index (Phi) is 3.80. The zero-order valence-electron chi connectivity index (χ0n) is 11.0. The Balaban J connectivity index is 1.80. The van der Waals surface area contributed by atoms with Crippen LogP contribution in [0.1, 0.15) is 12.0 Å². The van der Waals surface area contributed by atoms with E-state index < -0.39 is 0 Å². The van der Waals surface area contributed by atoms with Gasteiger partial charge in [-0.25, -0.2) is 0 Å². The maximum Gasteiger partial charge on any atom is 0.249 e. The highest BCUT2D eigenvalue weighted by atomic mass is 16.5. The normalized spacial score (nSPS) is 27.8. The van der Waals surface area contributed by atoms with Crippen LogP contribution in [-0.2, 0) is 16.1 Å². The number of piperidine rings is 1. The molecule has 4 heteroatoms. The zero-order chi connectivity index (χ0) is 13.1. The van der Waals surface area contributed by atoms with Gasteiger partial charge in [0.15, 0.2) is 0 Å². The summed E-state index contributed by atoms with van der Waals surface area (Å²) >= 11 is 0. The maximum atomic E-state index is 12.3. The Hall–Kier alpha value is -1.39. The molecule has 2 heterocycles. The molecule has 0 spiro atoms. The summed E-state index contributed by atoms with van der Waals surface area (Å²) in [7, 11) is 0.